The summed E-state index contributed by atoms with van der Waals surface area (Å²) in [5, 5.41) is 0. The first-order valence-electron chi connectivity index (χ1n) is 3.48. The van der Waals surface area contributed by atoms with Gasteiger partial charge in [-0.1, -0.05) is 0 Å². The highest BCUT2D eigenvalue weighted by molar-refractivity contribution is 8.10. The van der Waals surface area contributed by atoms with Crippen LogP contribution in [-0.4, -0.2) is 21.1 Å². The van der Waals surface area contributed by atoms with Crippen LogP contribution in [0.5, 0.6) is 0 Å². The molecule has 2 bridgehead atoms. The van der Waals surface area contributed by atoms with Crippen LogP contribution in [0, 0.1) is 5.92 Å². The third-order valence-corrected chi connectivity index (χ3v) is 3.24. The van der Waals surface area contributed by atoms with E-state index < -0.39 is 9.87 Å². The van der Waals surface area contributed by atoms with E-state index in [0.717, 1.165) is 25.2 Å². The second-order valence-electron chi connectivity index (χ2n) is 3.63. The minimum absolute atomic E-state index is 0.0122. The Labute approximate surface area is 61.5 Å². The van der Waals surface area contributed by atoms with Crippen molar-refractivity contribution in [3.63, 3.8) is 0 Å². The van der Waals surface area contributed by atoms with Crippen molar-refractivity contribution in [2.24, 2.45) is 5.92 Å². The molecule has 3 nitrogen and oxygen atoms in total. The quantitative estimate of drug-likeness (QED) is 0.525. The summed E-state index contributed by atoms with van der Waals surface area (Å²) in [7, 11) is -1.73. The topological polar surface area (TPSA) is 46.2 Å². The summed E-state index contributed by atoms with van der Waals surface area (Å²) >= 11 is 0. The van der Waals surface area contributed by atoms with E-state index in [2.05, 4.69) is 4.72 Å². The van der Waals surface area contributed by atoms with Gasteiger partial charge in [-0.2, -0.15) is 0 Å². The fourth-order valence-corrected chi connectivity index (χ4v) is 3.03. The highest BCUT2D eigenvalue weighted by Crippen LogP contribution is 2.57. The molecule has 3 fully saturated rings. The summed E-state index contributed by atoms with van der Waals surface area (Å²) in [6, 6.07) is 0. The Morgan fingerprint density at radius 2 is 1.90 bits per heavy atom. The summed E-state index contributed by atoms with van der Waals surface area (Å²) in [4.78, 5) is 0. The van der Waals surface area contributed by atoms with Gasteiger partial charge in [0.15, 0.2) is 9.87 Å². The molecule has 3 aliphatic rings. The molecule has 0 spiro atoms. The Kier molecular flexibility index (Phi) is 1.06. The molecular weight excluding hydrogens is 149 g/mol. The maximum Gasteiger partial charge on any atom is 0.275 e. The van der Waals surface area contributed by atoms with E-state index in [1.165, 1.54) is 7.12 Å². The predicted molar refractivity (Wildman–Crippen MR) is 40.7 cm³/mol. The average molecular weight is 159 g/mol. The largest absolute Gasteiger partial charge is 0.275 e. The van der Waals surface area contributed by atoms with Crippen molar-refractivity contribution < 1.29 is 8.42 Å². The molecule has 3 saturated carbocycles. The smallest absolute Gasteiger partial charge is 0.226 e. The fourth-order valence-electron chi connectivity index (χ4n) is 2.00. The van der Waals surface area contributed by atoms with Gasteiger partial charge in [0.25, 0.3) is 7.12 Å². The van der Waals surface area contributed by atoms with Gasteiger partial charge in [0.1, 0.15) is 0 Å². The summed E-state index contributed by atoms with van der Waals surface area (Å²) in [6.45, 7) is 0. The molecule has 5 heteroatoms. The molecule has 3 rings (SSSR count). The third kappa shape index (κ3) is 0.882. The number of rotatable bonds is 2. The summed E-state index contributed by atoms with van der Waals surface area (Å²) in [5.41, 5.74) is 0.0122. The van der Waals surface area contributed by atoms with Crippen LogP contribution in [0.25, 0.3) is 0 Å². The SMILES string of the molecule is BS(=O)(=O)NC12CC(C1)C2. The Morgan fingerprint density at radius 3 is 2.00 bits per heavy atom. The van der Waals surface area contributed by atoms with Crippen molar-refractivity contribution in [1.82, 2.24) is 4.72 Å². The van der Waals surface area contributed by atoms with E-state index in [9.17, 15) is 8.42 Å². The number of nitrogens with one attached hydrogen (secondary N) is 1. The van der Waals surface area contributed by atoms with Gasteiger partial charge in [0, 0.05) is 5.54 Å². The van der Waals surface area contributed by atoms with Crippen molar-refractivity contribution in [1.29, 1.82) is 0 Å². The van der Waals surface area contributed by atoms with Crippen molar-refractivity contribution >= 4 is 17.0 Å². The Morgan fingerprint density at radius 1 is 1.40 bits per heavy atom. The van der Waals surface area contributed by atoms with Gasteiger partial charge in [-0.05, 0) is 25.2 Å². The van der Waals surface area contributed by atoms with Crippen LogP contribution in [0.4, 0.5) is 0 Å². The Balaban J connectivity index is 2.03. The molecule has 0 atom stereocenters. The highest BCUT2D eigenvalue weighted by atomic mass is 32.2. The molecule has 0 aliphatic heterocycles. The van der Waals surface area contributed by atoms with Crippen LogP contribution in [-0.2, 0) is 9.87 Å². The van der Waals surface area contributed by atoms with Crippen LogP contribution in [0.1, 0.15) is 19.3 Å². The first-order valence-corrected chi connectivity index (χ1v) is 5.37. The molecule has 0 aromatic carbocycles. The zero-order valence-electron chi connectivity index (χ0n) is 5.92. The molecule has 0 saturated heterocycles. The first-order chi connectivity index (χ1) is 4.49. The van der Waals surface area contributed by atoms with Crippen LogP contribution < -0.4 is 4.72 Å². The van der Waals surface area contributed by atoms with Crippen molar-refractivity contribution in [2.75, 3.05) is 0 Å². The van der Waals surface area contributed by atoms with Crippen LogP contribution >= 0.6 is 0 Å². The van der Waals surface area contributed by atoms with E-state index >= 15 is 0 Å². The normalized spacial score (nSPS) is 43.8. The molecule has 56 valence electrons. The third-order valence-electron chi connectivity index (χ3n) is 2.44. The fraction of sp³-hybridized carbons (Fsp3) is 1.00. The van der Waals surface area contributed by atoms with Gasteiger partial charge in [-0.25, -0.2) is 13.1 Å². The lowest BCUT2D eigenvalue weighted by Crippen LogP contribution is -2.67. The molecule has 3 aliphatic carbocycles. The molecule has 1 N–H and O–H groups in total. The number of hydrogen-bond acceptors (Lipinski definition) is 2. The lowest BCUT2D eigenvalue weighted by Gasteiger charge is -2.61. The molecule has 0 heterocycles. The van der Waals surface area contributed by atoms with Crippen LogP contribution in [0.2, 0.25) is 0 Å². The van der Waals surface area contributed by atoms with E-state index in [4.69, 9.17) is 0 Å². The van der Waals surface area contributed by atoms with E-state index in [1.807, 2.05) is 0 Å². The van der Waals surface area contributed by atoms with Gasteiger partial charge in [0.05, 0.1) is 0 Å². The van der Waals surface area contributed by atoms with Gasteiger partial charge in [0.2, 0.25) is 0 Å². The van der Waals surface area contributed by atoms with Gasteiger partial charge < -0.3 is 0 Å². The standard InChI is InChI=1S/C5H10BNO2S/c6-10(8,9)7-5-1-4(2-5)3-5/h4,7H,1-3,6H2. The van der Waals surface area contributed by atoms with Gasteiger partial charge in [-0.3, -0.25) is 0 Å². The van der Waals surface area contributed by atoms with Gasteiger partial charge in [-0.15, -0.1) is 0 Å². The maximum atomic E-state index is 10.8. The molecule has 0 unspecified atom stereocenters. The minimum Gasteiger partial charge on any atom is -0.226 e. The molecule has 0 aromatic heterocycles. The Bertz CT molecular complexity index is 244. The second-order valence-corrected chi connectivity index (χ2v) is 5.38. The van der Waals surface area contributed by atoms with Crippen LogP contribution in [0.15, 0.2) is 0 Å². The summed E-state index contributed by atoms with van der Waals surface area (Å²) in [6.07, 6.45) is 3.21. The van der Waals surface area contributed by atoms with Crippen molar-refractivity contribution in [3.8, 4) is 0 Å². The van der Waals surface area contributed by atoms with E-state index in [0.29, 0.717) is 0 Å². The second kappa shape index (κ2) is 1.59. The van der Waals surface area contributed by atoms with E-state index in [1.54, 1.807) is 0 Å². The van der Waals surface area contributed by atoms with Crippen molar-refractivity contribution in [3.05, 3.63) is 0 Å². The molecule has 0 radical (unpaired) electrons. The molecule has 10 heavy (non-hydrogen) atoms. The number of hydrogen-bond donors (Lipinski definition) is 1. The summed E-state index contributed by atoms with van der Waals surface area (Å²) < 4.78 is 24.2. The molecular formula is C5H10BNO2S. The summed E-state index contributed by atoms with van der Waals surface area (Å²) in [5.74, 6) is 0.828. The first kappa shape index (κ1) is 6.67. The maximum absolute atomic E-state index is 10.8. The minimum atomic E-state index is -2.95. The van der Waals surface area contributed by atoms with E-state index in [-0.39, 0.29) is 5.54 Å². The lowest BCUT2D eigenvalue weighted by atomic mass is 9.50. The van der Waals surface area contributed by atoms with Crippen LogP contribution in [0.3, 0.4) is 0 Å². The zero-order chi connectivity index (χ0) is 7.41. The predicted octanol–water partition coefficient (Wildman–Crippen LogP) is -0.994. The van der Waals surface area contributed by atoms with Crippen molar-refractivity contribution in [2.45, 2.75) is 24.8 Å². The molecule has 0 amide bonds. The zero-order valence-corrected chi connectivity index (χ0v) is 6.74. The Hall–Kier alpha value is -0.0251. The highest BCUT2D eigenvalue weighted by Gasteiger charge is 2.57. The monoisotopic (exact) mass is 159 g/mol. The molecule has 0 aromatic rings. The average Bonchev–Trinajstić information content (AvgIpc) is 1.48. The van der Waals surface area contributed by atoms with Gasteiger partial charge >= 0.3 is 0 Å². The lowest BCUT2D eigenvalue weighted by molar-refractivity contribution is -0.0312.